The molecule has 6 rings (SSSR count). The van der Waals surface area contributed by atoms with E-state index in [0.29, 0.717) is 42.5 Å². The van der Waals surface area contributed by atoms with Gasteiger partial charge < -0.3 is 20.1 Å². The Morgan fingerprint density at radius 2 is 1.97 bits per heavy atom. The van der Waals surface area contributed by atoms with E-state index in [4.69, 9.17) is 10.5 Å². The summed E-state index contributed by atoms with van der Waals surface area (Å²) in [4.78, 5) is 34.2. The van der Waals surface area contributed by atoms with Crippen molar-refractivity contribution in [1.29, 1.82) is 0 Å². The van der Waals surface area contributed by atoms with E-state index in [1.165, 1.54) is 17.7 Å². The number of nitrogens with zero attached hydrogens (tertiary/aromatic N) is 3. The normalized spacial score (nSPS) is 32.0. The van der Waals surface area contributed by atoms with Crippen molar-refractivity contribution in [3.8, 4) is 0 Å². The molecule has 5 heterocycles. The second-order valence-corrected chi connectivity index (χ2v) is 11.0. The van der Waals surface area contributed by atoms with E-state index < -0.39 is 47.9 Å². The van der Waals surface area contributed by atoms with E-state index in [9.17, 15) is 23.5 Å². The monoisotopic (exact) mass is 507 g/mol. The summed E-state index contributed by atoms with van der Waals surface area (Å²) in [6.07, 6.45) is 4.49. The molecule has 2 aromatic rings. The van der Waals surface area contributed by atoms with Crippen LogP contribution >= 0.6 is 11.3 Å². The number of ether oxygens (including phenoxy) is 1. The van der Waals surface area contributed by atoms with Gasteiger partial charge in [-0.05, 0) is 23.2 Å². The maximum atomic E-state index is 14.1. The van der Waals surface area contributed by atoms with Gasteiger partial charge in [0.05, 0.1) is 18.7 Å². The van der Waals surface area contributed by atoms with Crippen molar-refractivity contribution in [1.82, 2.24) is 9.97 Å². The van der Waals surface area contributed by atoms with Crippen molar-refractivity contribution in [2.45, 2.75) is 55.8 Å². The quantitative estimate of drug-likeness (QED) is 0.440. The maximum Gasteiger partial charge on any atom is 0.343 e. The summed E-state index contributed by atoms with van der Waals surface area (Å²) < 4.78 is 34.4. The van der Waals surface area contributed by atoms with E-state index in [1.54, 1.807) is 29.2 Å². The predicted octanol–water partition coefficient (Wildman–Crippen LogP) is 2.54. The van der Waals surface area contributed by atoms with Crippen molar-refractivity contribution in [3.63, 3.8) is 0 Å². The summed E-state index contributed by atoms with van der Waals surface area (Å²) in [6, 6.07) is 0.897. The van der Waals surface area contributed by atoms with Gasteiger partial charge in [0.25, 0.3) is 5.91 Å². The van der Waals surface area contributed by atoms with Crippen LogP contribution in [0, 0.1) is 11.8 Å². The van der Waals surface area contributed by atoms with Gasteiger partial charge in [-0.1, -0.05) is 0 Å². The molecule has 2 aromatic heterocycles. The van der Waals surface area contributed by atoms with Gasteiger partial charge in [-0.25, -0.2) is 23.5 Å². The molecule has 4 fully saturated rings. The highest BCUT2D eigenvalue weighted by molar-refractivity contribution is 7.08. The number of fused-ring (bicyclic) bond motifs is 3. The van der Waals surface area contributed by atoms with Crippen LogP contribution in [0.5, 0.6) is 0 Å². The van der Waals surface area contributed by atoms with Gasteiger partial charge in [-0.2, -0.15) is 11.3 Å². The molecule has 0 aromatic carbocycles. The molecule has 3 N–H and O–H groups in total. The van der Waals surface area contributed by atoms with Crippen LogP contribution in [0.1, 0.15) is 49.3 Å². The first kappa shape index (κ1) is 24.2. The Kier molecular flexibility index (Phi) is 6.13. The van der Waals surface area contributed by atoms with Crippen LogP contribution in [0.2, 0.25) is 0 Å². The van der Waals surface area contributed by atoms with Crippen LogP contribution in [0.3, 0.4) is 0 Å². The lowest BCUT2D eigenvalue weighted by Crippen LogP contribution is -2.67. The number of alkyl halides is 2. The second-order valence-electron chi connectivity index (χ2n) is 10.2. The largest absolute Gasteiger partial charge is 0.454 e. The van der Waals surface area contributed by atoms with Crippen molar-refractivity contribution in [2.75, 3.05) is 19.6 Å². The maximum absolute atomic E-state index is 14.1. The lowest BCUT2D eigenvalue weighted by molar-refractivity contribution is -0.965. The van der Waals surface area contributed by atoms with Gasteiger partial charge in [0.15, 0.2) is 17.7 Å². The van der Waals surface area contributed by atoms with E-state index in [0.717, 1.165) is 0 Å². The molecule has 8 nitrogen and oxygen atoms in total. The predicted molar refractivity (Wildman–Crippen MR) is 122 cm³/mol. The number of rotatable bonds is 7. The third-order valence-electron chi connectivity index (χ3n) is 8.20. The highest BCUT2D eigenvalue weighted by atomic mass is 32.1. The Balaban J connectivity index is 1.41. The van der Waals surface area contributed by atoms with Gasteiger partial charge in [-0.15, -0.1) is 0 Å². The minimum Gasteiger partial charge on any atom is -0.454 e. The van der Waals surface area contributed by atoms with Gasteiger partial charge in [0.2, 0.25) is 5.92 Å². The SMILES string of the molecule is NC(=O)C(c1cncnc1)[N+]12CCC(CC1)[C@@H](OC(=O)C(O)(c1ccsc1)C1CCC(F)(F)C1)C2. The number of carbonyl (C=O) groups is 2. The van der Waals surface area contributed by atoms with Crippen LogP contribution in [0.25, 0.3) is 0 Å². The minimum atomic E-state index is -2.92. The first-order chi connectivity index (χ1) is 16.6. The molecule has 2 bridgehead atoms. The fourth-order valence-electron chi connectivity index (χ4n) is 6.40. The zero-order valence-electron chi connectivity index (χ0n) is 19.2. The Morgan fingerprint density at radius 3 is 2.54 bits per heavy atom. The Labute approximate surface area is 205 Å². The number of aromatic nitrogens is 2. The number of thiophene rings is 1. The number of amides is 1. The molecule has 3 aliphatic heterocycles. The standard InChI is InChI=1S/C24H28F2N4O4S/c25-23(26)5-1-17(9-23)24(33,18-4-8-35-13-18)22(32)34-19-12-30(6-2-15(19)3-7-30)20(21(27)31)16-10-28-14-29-11-16/h4,8,10-11,13-15,17,19-20,33H,1-3,5-7,9,12H2,(H-,27,31)/p+1/t15?,17?,19-,20?,24?,30?/m0/s1. The fraction of sp³-hybridized carbons (Fsp3) is 0.583. The van der Waals surface area contributed by atoms with E-state index >= 15 is 0 Å². The first-order valence-corrected chi connectivity index (χ1v) is 12.8. The first-order valence-electron chi connectivity index (χ1n) is 11.9. The molecule has 1 amide bonds. The van der Waals surface area contributed by atoms with Gasteiger partial charge in [0, 0.05) is 55.5 Å². The number of quaternary nitrogens is 1. The zero-order chi connectivity index (χ0) is 24.8. The molecule has 0 radical (unpaired) electrons. The number of piperidine rings is 3. The van der Waals surface area contributed by atoms with Crippen molar-refractivity contribution in [3.05, 3.63) is 46.7 Å². The molecule has 3 saturated heterocycles. The lowest BCUT2D eigenvalue weighted by atomic mass is 9.79. The van der Waals surface area contributed by atoms with Crippen molar-refractivity contribution < 1.29 is 32.7 Å². The number of halogens is 2. The molecular weight excluding hydrogens is 478 g/mol. The Morgan fingerprint density at radius 1 is 1.26 bits per heavy atom. The van der Waals surface area contributed by atoms with Gasteiger partial charge in [-0.3, -0.25) is 4.79 Å². The number of nitrogens with two attached hydrogens (primary N) is 1. The number of hydrogen-bond donors (Lipinski definition) is 2. The van der Waals surface area contributed by atoms with Crippen LogP contribution < -0.4 is 5.73 Å². The number of carbonyl (C=O) groups excluding carboxylic acids is 2. The molecule has 1 aliphatic carbocycles. The average Bonchev–Trinajstić information content (AvgIpc) is 3.50. The van der Waals surface area contributed by atoms with E-state index in [-0.39, 0.29) is 24.3 Å². The highest BCUT2D eigenvalue weighted by Crippen LogP contribution is 2.49. The van der Waals surface area contributed by atoms with E-state index in [2.05, 4.69) is 9.97 Å². The minimum absolute atomic E-state index is 0.0281. The number of primary amides is 1. The van der Waals surface area contributed by atoms with Crippen LogP contribution in [0.15, 0.2) is 35.5 Å². The van der Waals surface area contributed by atoms with Crippen LogP contribution in [-0.2, 0) is 19.9 Å². The summed E-state index contributed by atoms with van der Waals surface area (Å²) in [5.41, 5.74) is 4.59. The summed E-state index contributed by atoms with van der Waals surface area (Å²) in [5, 5.41) is 14.9. The number of hydrogen-bond acceptors (Lipinski definition) is 7. The van der Waals surface area contributed by atoms with Gasteiger partial charge in [0.1, 0.15) is 12.9 Å². The van der Waals surface area contributed by atoms with Crippen molar-refractivity contribution in [2.24, 2.45) is 17.6 Å². The molecule has 1 saturated carbocycles. The third kappa shape index (κ3) is 4.23. The zero-order valence-corrected chi connectivity index (χ0v) is 20.0. The second kappa shape index (κ2) is 8.86. The summed E-state index contributed by atoms with van der Waals surface area (Å²) >= 11 is 1.28. The topological polar surface area (TPSA) is 115 Å². The highest BCUT2D eigenvalue weighted by Gasteiger charge is 2.58. The molecule has 4 atom stereocenters. The Bertz CT molecular complexity index is 1080. The number of aliphatic hydroxyl groups is 1. The Hall–Kier alpha value is -2.50. The molecule has 0 spiro atoms. The van der Waals surface area contributed by atoms with Crippen LogP contribution in [-0.4, -0.2) is 63.1 Å². The summed E-state index contributed by atoms with van der Waals surface area (Å²) in [5.74, 6) is -5.20. The molecule has 4 aliphatic rings. The smallest absolute Gasteiger partial charge is 0.343 e. The third-order valence-corrected chi connectivity index (χ3v) is 8.88. The van der Waals surface area contributed by atoms with Crippen LogP contribution in [0.4, 0.5) is 8.78 Å². The fourth-order valence-corrected chi connectivity index (χ4v) is 7.11. The summed E-state index contributed by atoms with van der Waals surface area (Å²) in [7, 11) is 0. The lowest BCUT2D eigenvalue weighted by Gasteiger charge is -2.54. The average molecular weight is 508 g/mol. The van der Waals surface area contributed by atoms with Crippen molar-refractivity contribution >= 4 is 23.2 Å². The summed E-state index contributed by atoms with van der Waals surface area (Å²) in [6.45, 7) is 1.72. The molecular formula is C24H29F2N4O4S+. The molecule has 11 heteroatoms. The molecule has 3 unspecified atom stereocenters. The van der Waals surface area contributed by atoms with E-state index in [1.807, 2.05) is 0 Å². The molecule has 188 valence electrons. The molecule has 35 heavy (non-hydrogen) atoms. The van der Waals surface area contributed by atoms with Gasteiger partial charge >= 0.3 is 5.97 Å². The number of esters is 1.